The van der Waals surface area contributed by atoms with Gasteiger partial charge in [0.1, 0.15) is 6.10 Å². The standard InChI is InChI=1S/C13H19N3O3/c1-8-6-14-10-5-9(7-15-11(10)19-8)16(12(17)18)13(2,3)4/h5,7-8,14H,6H2,1-4H3,(H,17,18). The highest BCUT2D eigenvalue weighted by Gasteiger charge is 2.29. The van der Waals surface area contributed by atoms with Crippen LogP contribution in [0, 0.1) is 0 Å². The molecule has 104 valence electrons. The molecule has 0 aliphatic carbocycles. The van der Waals surface area contributed by atoms with Gasteiger partial charge in [-0.3, -0.25) is 4.90 Å². The van der Waals surface area contributed by atoms with Gasteiger partial charge in [-0.05, 0) is 33.8 Å². The number of pyridine rings is 1. The smallest absolute Gasteiger partial charge is 0.412 e. The number of carbonyl (C=O) groups is 1. The summed E-state index contributed by atoms with van der Waals surface area (Å²) in [6.07, 6.45) is 0.584. The van der Waals surface area contributed by atoms with Crippen molar-refractivity contribution in [1.29, 1.82) is 0 Å². The Morgan fingerprint density at radius 3 is 2.84 bits per heavy atom. The molecule has 0 radical (unpaired) electrons. The van der Waals surface area contributed by atoms with Crippen molar-refractivity contribution >= 4 is 17.5 Å². The maximum atomic E-state index is 11.4. The molecule has 6 heteroatoms. The fraction of sp³-hybridized carbons (Fsp3) is 0.538. The monoisotopic (exact) mass is 265 g/mol. The molecule has 2 heterocycles. The zero-order valence-electron chi connectivity index (χ0n) is 11.6. The molecule has 0 bridgehead atoms. The van der Waals surface area contributed by atoms with E-state index >= 15 is 0 Å². The minimum absolute atomic E-state index is 0.0593. The first-order valence-electron chi connectivity index (χ1n) is 6.23. The molecular weight excluding hydrogens is 246 g/mol. The van der Waals surface area contributed by atoms with Crippen LogP contribution in [0.25, 0.3) is 0 Å². The van der Waals surface area contributed by atoms with Crippen LogP contribution in [0.4, 0.5) is 16.2 Å². The fourth-order valence-electron chi connectivity index (χ4n) is 2.05. The molecule has 0 saturated heterocycles. The van der Waals surface area contributed by atoms with Crippen LogP contribution in [-0.4, -0.2) is 34.4 Å². The average Bonchev–Trinajstić information content (AvgIpc) is 2.27. The van der Waals surface area contributed by atoms with Crippen LogP contribution >= 0.6 is 0 Å². The first kappa shape index (κ1) is 13.5. The van der Waals surface area contributed by atoms with E-state index in [0.29, 0.717) is 18.1 Å². The van der Waals surface area contributed by atoms with E-state index in [1.54, 1.807) is 6.07 Å². The molecule has 1 unspecified atom stereocenters. The Labute approximate surface area is 112 Å². The second-order valence-corrected chi connectivity index (χ2v) is 5.64. The number of fused-ring (bicyclic) bond motifs is 1. The number of rotatable bonds is 1. The molecule has 2 N–H and O–H groups in total. The molecule has 1 atom stereocenters. The molecule has 19 heavy (non-hydrogen) atoms. The lowest BCUT2D eigenvalue weighted by molar-refractivity contribution is 0.195. The number of nitrogens with zero attached hydrogens (tertiary/aromatic N) is 2. The maximum Gasteiger partial charge on any atom is 0.412 e. The SMILES string of the molecule is CC1CNc2cc(N(C(=O)O)C(C)(C)C)cnc2O1. The molecule has 0 fully saturated rings. The summed E-state index contributed by atoms with van der Waals surface area (Å²) >= 11 is 0. The second-order valence-electron chi connectivity index (χ2n) is 5.64. The topological polar surface area (TPSA) is 74.7 Å². The highest BCUT2D eigenvalue weighted by molar-refractivity contribution is 5.88. The van der Waals surface area contributed by atoms with Crippen molar-refractivity contribution in [3.63, 3.8) is 0 Å². The zero-order valence-corrected chi connectivity index (χ0v) is 11.6. The van der Waals surface area contributed by atoms with Crippen LogP contribution in [0.5, 0.6) is 5.88 Å². The molecule has 1 aliphatic rings. The van der Waals surface area contributed by atoms with Gasteiger partial charge in [0.15, 0.2) is 0 Å². The van der Waals surface area contributed by atoms with Gasteiger partial charge in [0.2, 0.25) is 5.88 Å². The van der Waals surface area contributed by atoms with Crippen molar-refractivity contribution in [3.8, 4) is 5.88 Å². The summed E-state index contributed by atoms with van der Waals surface area (Å²) in [5.41, 5.74) is 0.723. The number of aromatic nitrogens is 1. The van der Waals surface area contributed by atoms with Crippen LogP contribution < -0.4 is 15.0 Å². The van der Waals surface area contributed by atoms with E-state index in [9.17, 15) is 9.90 Å². The van der Waals surface area contributed by atoms with Crippen LogP contribution in [-0.2, 0) is 0 Å². The first-order chi connectivity index (χ1) is 8.79. The molecule has 0 saturated carbocycles. The quantitative estimate of drug-likeness (QED) is 0.816. The van der Waals surface area contributed by atoms with Gasteiger partial charge in [0, 0.05) is 5.54 Å². The highest BCUT2D eigenvalue weighted by atomic mass is 16.5. The van der Waals surface area contributed by atoms with Gasteiger partial charge >= 0.3 is 6.09 Å². The first-order valence-corrected chi connectivity index (χ1v) is 6.23. The average molecular weight is 265 g/mol. The highest BCUT2D eigenvalue weighted by Crippen LogP contribution is 2.32. The van der Waals surface area contributed by atoms with Crippen molar-refractivity contribution in [3.05, 3.63) is 12.3 Å². The fourth-order valence-corrected chi connectivity index (χ4v) is 2.05. The summed E-state index contributed by atoms with van der Waals surface area (Å²) in [5, 5.41) is 12.5. The lowest BCUT2D eigenvalue weighted by atomic mass is 10.1. The molecule has 1 amide bonds. The van der Waals surface area contributed by atoms with Gasteiger partial charge in [-0.15, -0.1) is 0 Å². The summed E-state index contributed by atoms with van der Waals surface area (Å²) in [6, 6.07) is 1.76. The Morgan fingerprint density at radius 1 is 1.58 bits per heavy atom. The number of anilines is 2. The van der Waals surface area contributed by atoms with Crippen molar-refractivity contribution in [2.45, 2.75) is 39.3 Å². The molecule has 1 aliphatic heterocycles. The van der Waals surface area contributed by atoms with Gasteiger partial charge in [0.05, 0.1) is 24.1 Å². The predicted molar refractivity (Wildman–Crippen MR) is 73.1 cm³/mol. The van der Waals surface area contributed by atoms with Gasteiger partial charge in [-0.1, -0.05) is 0 Å². The Bertz CT molecular complexity index is 496. The van der Waals surface area contributed by atoms with Crippen LogP contribution in [0.1, 0.15) is 27.7 Å². The van der Waals surface area contributed by atoms with Gasteiger partial charge < -0.3 is 15.2 Å². The molecule has 0 aromatic carbocycles. The Hall–Kier alpha value is -1.98. The van der Waals surface area contributed by atoms with E-state index in [1.807, 2.05) is 27.7 Å². The minimum atomic E-state index is -1.00. The van der Waals surface area contributed by atoms with E-state index in [2.05, 4.69) is 10.3 Å². The van der Waals surface area contributed by atoms with Gasteiger partial charge in [0.25, 0.3) is 0 Å². The van der Waals surface area contributed by atoms with E-state index in [4.69, 9.17) is 4.74 Å². The van der Waals surface area contributed by atoms with Gasteiger partial charge in [-0.25, -0.2) is 9.78 Å². The summed E-state index contributed by atoms with van der Waals surface area (Å²) < 4.78 is 5.57. The number of ether oxygens (including phenoxy) is 1. The molecular formula is C13H19N3O3. The van der Waals surface area contributed by atoms with E-state index in [0.717, 1.165) is 5.69 Å². The maximum absolute atomic E-state index is 11.4. The van der Waals surface area contributed by atoms with Crippen molar-refractivity contribution < 1.29 is 14.6 Å². The molecule has 6 nitrogen and oxygen atoms in total. The third-order valence-electron chi connectivity index (χ3n) is 2.85. The van der Waals surface area contributed by atoms with Crippen molar-refractivity contribution in [1.82, 2.24) is 4.98 Å². The Balaban J connectivity index is 2.38. The number of carboxylic acid groups (broad SMARTS) is 1. The van der Waals surface area contributed by atoms with Gasteiger partial charge in [-0.2, -0.15) is 0 Å². The predicted octanol–water partition coefficient (Wildman–Crippen LogP) is 2.56. The normalized spacial score (nSPS) is 18.0. The summed E-state index contributed by atoms with van der Waals surface area (Å²) in [6.45, 7) is 8.15. The third-order valence-corrected chi connectivity index (χ3v) is 2.85. The summed E-state index contributed by atoms with van der Waals surface area (Å²) in [7, 11) is 0. The minimum Gasteiger partial charge on any atom is -0.471 e. The second kappa shape index (κ2) is 4.60. The van der Waals surface area contributed by atoms with Crippen molar-refractivity contribution in [2.24, 2.45) is 0 Å². The van der Waals surface area contributed by atoms with E-state index in [-0.39, 0.29) is 6.10 Å². The summed E-state index contributed by atoms with van der Waals surface area (Å²) in [4.78, 5) is 16.9. The lowest BCUT2D eigenvalue weighted by Crippen LogP contribution is -2.45. The van der Waals surface area contributed by atoms with Crippen LogP contribution in [0.15, 0.2) is 12.3 Å². The number of amides is 1. The third kappa shape index (κ3) is 2.72. The number of hydrogen-bond acceptors (Lipinski definition) is 4. The molecule has 2 rings (SSSR count). The van der Waals surface area contributed by atoms with Crippen molar-refractivity contribution in [2.75, 3.05) is 16.8 Å². The largest absolute Gasteiger partial charge is 0.471 e. The Morgan fingerprint density at radius 2 is 2.26 bits per heavy atom. The molecule has 1 aromatic rings. The molecule has 1 aromatic heterocycles. The molecule has 0 spiro atoms. The number of hydrogen-bond donors (Lipinski definition) is 2. The Kier molecular flexibility index (Phi) is 3.26. The lowest BCUT2D eigenvalue weighted by Gasteiger charge is -2.33. The van der Waals surface area contributed by atoms with E-state index < -0.39 is 11.6 Å². The van der Waals surface area contributed by atoms with Crippen LogP contribution in [0.2, 0.25) is 0 Å². The van der Waals surface area contributed by atoms with E-state index in [1.165, 1.54) is 11.1 Å². The number of nitrogens with one attached hydrogen (secondary N) is 1. The summed E-state index contributed by atoms with van der Waals surface area (Å²) in [5.74, 6) is 0.516. The van der Waals surface area contributed by atoms with Crippen LogP contribution in [0.3, 0.4) is 0 Å². The zero-order chi connectivity index (χ0) is 14.2.